The van der Waals surface area contributed by atoms with E-state index in [0.29, 0.717) is 39.3 Å². The third-order valence-corrected chi connectivity index (χ3v) is 6.48. The first-order valence-corrected chi connectivity index (χ1v) is 19.9. The molecule has 0 atom stereocenters. The van der Waals surface area contributed by atoms with Crippen molar-refractivity contribution in [2.24, 2.45) is 0 Å². The minimum atomic E-state index is -4.94. The van der Waals surface area contributed by atoms with E-state index < -0.39 is 20.5 Å². The van der Waals surface area contributed by atoms with E-state index in [1.807, 2.05) is 87.2 Å². The first-order chi connectivity index (χ1) is 29.4. The van der Waals surface area contributed by atoms with Gasteiger partial charge in [-0.15, -0.1) is 35.8 Å². The quantitative estimate of drug-likeness (QED) is 0.114. The molecule has 3 aromatic heterocycles. The Kier molecular flexibility index (Phi) is 32.1. The van der Waals surface area contributed by atoms with Crippen molar-refractivity contribution in [1.29, 1.82) is 21.0 Å². The molecular weight excluding hydrogens is 910 g/mol. The summed E-state index contributed by atoms with van der Waals surface area (Å²) in [7, 11) is -9.89. The first-order valence-electron chi connectivity index (χ1n) is 17.4. The monoisotopic (exact) mass is 951 g/mol. The molecule has 0 spiro atoms. The van der Waals surface area contributed by atoms with Gasteiger partial charge in [0.05, 0.1) is 79.6 Å². The summed E-state index contributed by atoms with van der Waals surface area (Å²) in [4.78, 5) is 2.24. The molecule has 0 bridgehead atoms. The van der Waals surface area contributed by atoms with Crippen LogP contribution in [0.5, 0.6) is 0 Å². The predicted molar refractivity (Wildman–Crippen MR) is 195 cm³/mol. The fraction of sp³-hybridized carbons (Fsp3) is 0.263. The van der Waals surface area contributed by atoms with E-state index in [1.165, 1.54) is 44.4 Å². The fourth-order valence-corrected chi connectivity index (χ4v) is 4.63. The molecule has 63 heavy (non-hydrogen) atoms. The predicted octanol–water partition coefficient (Wildman–Crippen LogP) is -3.59. The molecule has 1 radical (unpaired) electrons. The molecule has 25 heteroatoms. The van der Waals surface area contributed by atoms with Gasteiger partial charge in [0, 0.05) is 47.3 Å². The van der Waals surface area contributed by atoms with Gasteiger partial charge in [0.2, 0.25) is 0 Å². The minimum absolute atomic E-state index is 0. The molecule has 335 valence electrons. The summed E-state index contributed by atoms with van der Waals surface area (Å²) in [6, 6.07) is 37.8. The van der Waals surface area contributed by atoms with Gasteiger partial charge in [0.1, 0.15) is 0 Å². The zero-order valence-electron chi connectivity index (χ0n) is 34.3. The van der Waals surface area contributed by atoms with Gasteiger partial charge in [-0.2, -0.15) is 21.0 Å². The number of hydrogen-bond acceptors (Lipinski definition) is 19. The van der Waals surface area contributed by atoms with Gasteiger partial charge in [-0.25, -0.2) is 51.3 Å². The van der Waals surface area contributed by atoms with Crippen LogP contribution in [0.2, 0.25) is 0 Å². The average molecular weight is 953 g/mol. The van der Waals surface area contributed by atoms with E-state index in [4.69, 9.17) is 58.3 Å². The molecule has 0 N–H and O–H groups in total. The second-order valence-corrected chi connectivity index (χ2v) is 13.0. The fourth-order valence-electron chi connectivity index (χ4n) is 4.63. The van der Waals surface area contributed by atoms with Gasteiger partial charge in [0.15, 0.2) is 0 Å². The average Bonchev–Trinajstić information content (AvgIpc) is 3.95. The molecule has 0 fully saturated rings. The topological polar surface area (TPSA) is 375 Å². The Hall–Kier alpha value is -6.23. The summed E-state index contributed by atoms with van der Waals surface area (Å²) in [5.41, 5.74) is 6.18. The minimum Gasteiger partial charge on any atom is -0.285 e. The van der Waals surface area contributed by atoms with Crippen LogP contribution in [0.3, 0.4) is 0 Å². The molecule has 0 saturated heterocycles. The van der Waals surface area contributed by atoms with Crippen LogP contribution in [-0.4, -0.2) is 49.9 Å². The van der Waals surface area contributed by atoms with E-state index in [0.717, 1.165) is 17.1 Å². The zero-order chi connectivity index (χ0) is 46.8. The van der Waals surface area contributed by atoms with Crippen LogP contribution in [0.1, 0.15) is 61.5 Å². The Balaban J connectivity index is 0. The molecule has 3 heterocycles. The maximum absolute atomic E-state index is 8.49. The second kappa shape index (κ2) is 34.4. The van der Waals surface area contributed by atoms with E-state index in [2.05, 4.69) is 72.2 Å². The van der Waals surface area contributed by atoms with Crippen molar-refractivity contribution in [3.63, 3.8) is 0 Å². The molecule has 0 aliphatic carbocycles. The third kappa shape index (κ3) is 34.1. The summed E-state index contributed by atoms with van der Waals surface area (Å²) in [5, 5.41) is 55.7. The Morgan fingerprint density at radius 2 is 0.635 bits per heavy atom. The molecule has 0 aliphatic heterocycles. The molecule has 6 rings (SSSR count). The maximum Gasteiger partial charge on any atom is 2.00 e. The summed E-state index contributed by atoms with van der Waals surface area (Å²) in [6.07, 6.45) is 6.00. The Labute approximate surface area is 378 Å². The smallest absolute Gasteiger partial charge is 0.285 e. The summed E-state index contributed by atoms with van der Waals surface area (Å²) in [5.74, 6) is 0. The van der Waals surface area contributed by atoms with Gasteiger partial charge in [-0.1, -0.05) is 107 Å². The second-order valence-electron chi connectivity index (χ2n) is 11.5. The van der Waals surface area contributed by atoms with Crippen molar-refractivity contribution in [2.75, 3.05) is 0 Å². The standard InChI is InChI=1S/C30H30N10.4C2H3N.2ClHO4.Co/c1-4-10-25(11-5-1)16-38-22-28(31-34-38)19-37(20-29-23-39(35-32-29)17-26-12-6-2-7-13-26)21-30-24-40(36-33-30)18-27-14-8-3-9-15-27;4*1-2-3;2*2-1(3,4)5;/h1-15,22-24H,16-21H2;4*1H3;2*(H,2,3,4,5);/q;;;;;;;+2/p-2. The van der Waals surface area contributed by atoms with Crippen LogP contribution in [0, 0.1) is 65.8 Å². The van der Waals surface area contributed by atoms with Crippen LogP contribution < -0.4 is 37.3 Å². The van der Waals surface area contributed by atoms with E-state index in [-0.39, 0.29) is 16.8 Å². The third-order valence-electron chi connectivity index (χ3n) is 6.48. The zero-order valence-corrected chi connectivity index (χ0v) is 36.8. The Morgan fingerprint density at radius 1 is 0.444 bits per heavy atom. The van der Waals surface area contributed by atoms with Crippen molar-refractivity contribution in [1.82, 2.24) is 49.9 Å². The Morgan fingerprint density at radius 3 is 0.825 bits per heavy atom. The molecule has 0 saturated carbocycles. The number of hydrogen-bond donors (Lipinski definition) is 0. The number of nitriles is 4. The number of nitrogens with zero attached hydrogens (tertiary/aromatic N) is 14. The van der Waals surface area contributed by atoms with Crippen LogP contribution in [0.25, 0.3) is 0 Å². The number of aromatic nitrogens is 9. The number of rotatable bonds is 12. The molecule has 0 amide bonds. The van der Waals surface area contributed by atoms with Gasteiger partial charge < -0.3 is 0 Å². The first kappa shape index (κ1) is 58.9. The van der Waals surface area contributed by atoms with E-state index in [1.54, 1.807) is 24.3 Å². The largest absolute Gasteiger partial charge is 2.00 e. The van der Waals surface area contributed by atoms with Gasteiger partial charge in [-0.3, -0.25) is 4.90 Å². The summed E-state index contributed by atoms with van der Waals surface area (Å²) in [6.45, 7) is 9.52. The van der Waals surface area contributed by atoms with Crippen LogP contribution >= 0.6 is 0 Å². The van der Waals surface area contributed by atoms with Crippen LogP contribution in [0.15, 0.2) is 110 Å². The van der Waals surface area contributed by atoms with Crippen molar-refractivity contribution < 1.29 is 74.5 Å². The summed E-state index contributed by atoms with van der Waals surface area (Å²) >= 11 is 0. The van der Waals surface area contributed by atoms with Gasteiger partial charge >= 0.3 is 16.8 Å². The van der Waals surface area contributed by atoms with Gasteiger partial charge in [-0.05, 0) is 16.7 Å². The van der Waals surface area contributed by atoms with Crippen molar-refractivity contribution in [3.8, 4) is 24.3 Å². The van der Waals surface area contributed by atoms with E-state index in [9.17, 15) is 0 Å². The van der Waals surface area contributed by atoms with Crippen molar-refractivity contribution in [2.45, 2.75) is 67.0 Å². The number of benzene rings is 3. The SMILES string of the molecule is CC#N.CC#N.CC#N.CC#N.[Co+2].[O-][Cl+3]([O-])([O-])[O-].[O-][Cl+3]([O-])([O-])[O-].c1ccc(Cn2cc(CN(Cc3cn(Cc4ccccc4)nn3)Cc3cn(Cc4ccccc4)nn3)nn2)cc1. The molecule has 0 aliphatic rings. The molecular formula is C38H42Cl2CoN14O8. The molecule has 22 nitrogen and oxygen atoms in total. The molecule has 6 aromatic rings. The van der Waals surface area contributed by atoms with Crippen molar-refractivity contribution >= 4 is 0 Å². The van der Waals surface area contributed by atoms with E-state index >= 15 is 0 Å². The normalized spacial score (nSPS) is 9.60. The molecule has 0 unspecified atom stereocenters. The van der Waals surface area contributed by atoms with Crippen molar-refractivity contribution in [3.05, 3.63) is 143 Å². The Bertz CT molecular complexity index is 1970. The maximum atomic E-state index is 8.49. The summed E-state index contributed by atoms with van der Waals surface area (Å²) < 4.78 is 73.6. The van der Waals surface area contributed by atoms with Crippen LogP contribution in [-0.2, 0) is 56.0 Å². The van der Waals surface area contributed by atoms with Gasteiger partial charge in [0.25, 0.3) is 0 Å². The molecule has 3 aromatic carbocycles. The van der Waals surface area contributed by atoms with Crippen LogP contribution in [0.4, 0.5) is 0 Å². The number of halogens is 2.